The van der Waals surface area contributed by atoms with Crippen LogP contribution < -0.4 is 20.3 Å². The molecule has 0 aliphatic rings. The molecule has 0 amide bonds. The zero-order valence-corrected chi connectivity index (χ0v) is 18.1. The van der Waals surface area contributed by atoms with Crippen LogP contribution in [0.1, 0.15) is 51.7 Å². The van der Waals surface area contributed by atoms with Gasteiger partial charge in [0.25, 0.3) is 0 Å². The Morgan fingerprint density at radius 1 is 0.800 bits per heavy atom. The molecule has 2 rings (SSSR count). The van der Waals surface area contributed by atoms with Gasteiger partial charge in [0.1, 0.15) is 11.5 Å². The van der Waals surface area contributed by atoms with Crippen LogP contribution in [0, 0.1) is 5.41 Å². The first-order valence-corrected chi connectivity index (χ1v) is 10.2. The Balaban J connectivity index is 1.75. The van der Waals surface area contributed by atoms with E-state index in [1.165, 1.54) is 0 Å². The fourth-order valence-corrected chi connectivity index (χ4v) is 2.26. The van der Waals surface area contributed by atoms with E-state index in [1.54, 1.807) is 12.4 Å². The summed E-state index contributed by atoms with van der Waals surface area (Å²) >= 11 is 0. The number of rotatable bonds is 10. The van der Waals surface area contributed by atoms with Crippen molar-refractivity contribution in [3.8, 4) is 11.5 Å². The zero-order valence-electron chi connectivity index (χ0n) is 18.1. The first kappa shape index (κ1) is 22.9. The van der Waals surface area contributed by atoms with Crippen LogP contribution >= 0.6 is 0 Å². The van der Waals surface area contributed by atoms with Crippen molar-refractivity contribution in [2.45, 2.75) is 52.7 Å². The molecule has 2 aromatic rings. The number of ether oxygens (including phenoxy) is 2. The third-order valence-corrected chi connectivity index (χ3v) is 4.36. The second kappa shape index (κ2) is 12.3. The van der Waals surface area contributed by atoms with Gasteiger partial charge < -0.3 is 9.47 Å². The Labute approximate surface area is 178 Å². The average Bonchev–Trinajstić information content (AvgIpc) is 2.76. The topological polar surface area (TPSA) is 91.1 Å². The summed E-state index contributed by atoms with van der Waals surface area (Å²) in [4.78, 5) is 0. The van der Waals surface area contributed by atoms with Crippen LogP contribution in [0.2, 0.25) is 0 Å². The quantitative estimate of drug-likeness (QED) is 0.306. The molecule has 0 saturated carbocycles. The SMILES string of the molecule is CCC(C)Oc1ccc(/C=N/NC(=N)N/N=C/c2ccc(OC(C)CC)cc2)cc1. The van der Waals surface area contributed by atoms with Gasteiger partial charge in [0, 0.05) is 0 Å². The largest absolute Gasteiger partial charge is 0.491 e. The highest BCUT2D eigenvalue weighted by molar-refractivity contribution is 5.84. The van der Waals surface area contributed by atoms with Crippen molar-refractivity contribution in [2.24, 2.45) is 10.2 Å². The van der Waals surface area contributed by atoms with Crippen LogP contribution in [0.15, 0.2) is 58.7 Å². The number of nitrogens with one attached hydrogen (secondary N) is 3. The number of hydrogen-bond acceptors (Lipinski definition) is 5. The summed E-state index contributed by atoms with van der Waals surface area (Å²) in [5.41, 5.74) is 6.97. The molecule has 2 unspecified atom stereocenters. The Hall–Kier alpha value is -3.35. The fraction of sp³-hybridized carbons (Fsp3) is 0.348. The normalized spacial score (nSPS) is 13.2. The third kappa shape index (κ3) is 8.34. The lowest BCUT2D eigenvalue weighted by Crippen LogP contribution is -2.29. The molecule has 3 N–H and O–H groups in total. The maximum Gasteiger partial charge on any atom is 0.230 e. The van der Waals surface area contributed by atoms with Crippen LogP contribution in [0.3, 0.4) is 0 Å². The molecule has 7 nitrogen and oxygen atoms in total. The van der Waals surface area contributed by atoms with Crippen molar-refractivity contribution in [3.63, 3.8) is 0 Å². The molecule has 0 spiro atoms. The summed E-state index contributed by atoms with van der Waals surface area (Å²) in [7, 11) is 0. The minimum absolute atomic E-state index is 0.0315. The molecule has 0 aliphatic carbocycles. The van der Waals surface area contributed by atoms with E-state index in [2.05, 4.69) is 34.9 Å². The van der Waals surface area contributed by atoms with E-state index in [4.69, 9.17) is 14.9 Å². The zero-order chi connectivity index (χ0) is 21.8. The number of benzene rings is 2. The van der Waals surface area contributed by atoms with Crippen molar-refractivity contribution in [2.75, 3.05) is 0 Å². The minimum Gasteiger partial charge on any atom is -0.491 e. The first-order chi connectivity index (χ1) is 14.5. The first-order valence-electron chi connectivity index (χ1n) is 10.2. The van der Waals surface area contributed by atoms with E-state index in [-0.39, 0.29) is 18.2 Å². The fourth-order valence-electron chi connectivity index (χ4n) is 2.26. The van der Waals surface area contributed by atoms with Gasteiger partial charge in [-0.2, -0.15) is 10.2 Å². The molecular formula is C23H31N5O2. The Morgan fingerprint density at radius 2 is 1.17 bits per heavy atom. The summed E-state index contributed by atoms with van der Waals surface area (Å²) in [5.74, 6) is 1.63. The molecule has 0 heterocycles. The molecule has 2 aromatic carbocycles. The van der Waals surface area contributed by atoms with E-state index in [0.717, 1.165) is 35.5 Å². The summed E-state index contributed by atoms with van der Waals surface area (Å²) in [5, 5.41) is 15.9. The van der Waals surface area contributed by atoms with Gasteiger partial charge in [-0.3, -0.25) is 5.41 Å². The van der Waals surface area contributed by atoms with E-state index in [0.29, 0.717) is 0 Å². The molecule has 7 heteroatoms. The Morgan fingerprint density at radius 3 is 1.50 bits per heavy atom. The summed E-state index contributed by atoms with van der Waals surface area (Å²) < 4.78 is 11.5. The van der Waals surface area contributed by atoms with Gasteiger partial charge >= 0.3 is 0 Å². The third-order valence-electron chi connectivity index (χ3n) is 4.36. The molecule has 0 aliphatic heterocycles. The number of hydrogen-bond donors (Lipinski definition) is 3. The minimum atomic E-state index is -0.0315. The van der Waals surface area contributed by atoms with Crippen molar-refractivity contribution in [1.29, 1.82) is 5.41 Å². The lowest BCUT2D eigenvalue weighted by molar-refractivity contribution is 0.217. The molecule has 0 radical (unpaired) electrons. The highest BCUT2D eigenvalue weighted by Gasteiger charge is 2.01. The van der Waals surface area contributed by atoms with Crippen LogP contribution in [0.5, 0.6) is 11.5 Å². The molecule has 30 heavy (non-hydrogen) atoms. The van der Waals surface area contributed by atoms with Crippen LogP contribution in [0.4, 0.5) is 0 Å². The van der Waals surface area contributed by atoms with Gasteiger partial charge in [-0.25, -0.2) is 10.9 Å². The number of hydrazone groups is 2. The van der Waals surface area contributed by atoms with Crippen LogP contribution in [0.25, 0.3) is 0 Å². The molecule has 160 valence electrons. The molecule has 2 atom stereocenters. The van der Waals surface area contributed by atoms with Gasteiger partial charge in [0.05, 0.1) is 24.6 Å². The number of nitrogens with zero attached hydrogens (tertiary/aromatic N) is 2. The summed E-state index contributed by atoms with van der Waals surface area (Å²) in [6, 6.07) is 15.3. The van der Waals surface area contributed by atoms with E-state index >= 15 is 0 Å². The van der Waals surface area contributed by atoms with E-state index < -0.39 is 0 Å². The molecule has 0 saturated heterocycles. The van der Waals surface area contributed by atoms with E-state index in [1.807, 2.05) is 62.4 Å². The molecule has 0 bridgehead atoms. The Bertz CT molecular complexity index is 762. The molecular weight excluding hydrogens is 378 g/mol. The lowest BCUT2D eigenvalue weighted by atomic mass is 10.2. The van der Waals surface area contributed by atoms with E-state index in [9.17, 15) is 0 Å². The maximum atomic E-state index is 7.80. The van der Waals surface area contributed by atoms with Crippen molar-refractivity contribution >= 4 is 18.4 Å². The highest BCUT2D eigenvalue weighted by Crippen LogP contribution is 2.15. The van der Waals surface area contributed by atoms with Gasteiger partial charge in [0.15, 0.2) is 0 Å². The summed E-state index contributed by atoms with van der Waals surface area (Å²) in [6.07, 6.45) is 5.56. The highest BCUT2D eigenvalue weighted by atomic mass is 16.5. The van der Waals surface area contributed by atoms with Gasteiger partial charge in [-0.1, -0.05) is 13.8 Å². The van der Waals surface area contributed by atoms with Crippen molar-refractivity contribution < 1.29 is 9.47 Å². The second-order valence-corrected chi connectivity index (χ2v) is 6.93. The predicted octanol–water partition coefficient (Wildman–Crippen LogP) is 4.52. The average molecular weight is 410 g/mol. The predicted molar refractivity (Wildman–Crippen MR) is 123 cm³/mol. The van der Waals surface area contributed by atoms with Crippen LogP contribution in [-0.2, 0) is 0 Å². The monoisotopic (exact) mass is 409 g/mol. The lowest BCUT2D eigenvalue weighted by Gasteiger charge is -2.12. The van der Waals surface area contributed by atoms with Gasteiger partial charge in [-0.05, 0) is 86.3 Å². The summed E-state index contributed by atoms with van der Waals surface area (Å²) in [6.45, 7) is 8.25. The van der Waals surface area contributed by atoms with Crippen molar-refractivity contribution in [3.05, 3.63) is 59.7 Å². The van der Waals surface area contributed by atoms with Crippen molar-refractivity contribution in [1.82, 2.24) is 10.9 Å². The Kier molecular flexibility index (Phi) is 9.37. The second-order valence-electron chi connectivity index (χ2n) is 6.93. The molecule has 0 aromatic heterocycles. The van der Waals surface area contributed by atoms with Gasteiger partial charge in [0.2, 0.25) is 5.96 Å². The van der Waals surface area contributed by atoms with Crippen LogP contribution in [-0.4, -0.2) is 30.6 Å². The number of guanidine groups is 1. The molecule has 0 fully saturated rings. The standard InChI is InChI=1S/C23H31N5O2/c1-5-17(3)29-21-11-7-19(8-12-21)15-25-27-23(24)28-26-16-20-9-13-22(14-10-20)30-18(4)6-2/h7-18H,5-6H2,1-4H3,(H3,24,27,28)/b25-15+,26-16+. The van der Waals surface area contributed by atoms with Gasteiger partial charge in [-0.15, -0.1) is 0 Å². The smallest absolute Gasteiger partial charge is 0.230 e. The maximum absolute atomic E-state index is 7.80.